The summed E-state index contributed by atoms with van der Waals surface area (Å²) in [4.78, 5) is 58.6. The van der Waals surface area contributed by atoms with E-state index in [2.05, 4.69) is 4.74 Å². The lowest BCUT2D eigenvalue weighted by atomic mass is 10.2. The quantitative estimate of drug-likeness (QED) is 0.391. The van der Waals surface area contributed by atoms with Gasteiger partial charge in [-0.25, -0.2) is 19.2 Å². The smallest absolute Gasteiger partial charge is 0.347 e. The summed E-state index contributed by atoms with van der Waals surface area (Å²) < 4.78 is 24.4. The Morgan fingerprint density at radius 3 is 1.45 bits per heavy atom. The molecule has 0 unspecified atom stereocenters. The van der Waals surface area contributed by atoms with Crippen molar-refractivity contribution in [2.24, 2.45) is 0 Å². The molecule has 170 valence electrons. The SMILES string of the molecule is CC(=O)O[C@@H](C)C(=O)O[C@@H](C)C(=O)O[C@@H](C)C(=O)O[C@@H](C)C(=O)OCc1ccccc1. The second kappa shape index (κ2) is 12.3. The molecule has 0 amide bonds. The zero-order valence-electron chi connectivity index (χ0n) is 18.0. The predicted octanol–water partition coefficient (Wildman–Crippen LogP) is 1.48. The van der Waals surface area contributed by atoms with E-state index in [-0.39, 0.29) is 6.61 Å². The maximum Gasteiger partial charge on any atom is 0.347 e. The highest BCUT2D eigenvalue weighted by atomic mass is 16.6. The number of benzene rings is 1. The Morgan fingerprint density at radius 2 is 1.03 bits per heavy atom. The molecule has 10 heteroatoms. The van der Waals surface area contributed by atoms with Crippen molar-refractivity contribution in [2.75, 3.05) is 0 Å². The molecule has 0 aliphatic carbocycles. The summed E-state index contributed by atoms with van der Waals surface area (Å²) in [5, 5.41) is 0. The Kier molecular flexibility index (Phi) is 10.2. The van der Waals surface area contributed by atoms with Gasteiger partial charge in [0.2, 0.25) is 0 Å². The van der Waals surface area contributed by atoms with Crippen LogP contribution in [0.15, 0.2) is 30.3 Å². The van der Waals surface area contributed by atoms with Gasteiger partial charge in [0.15, 0.2) is 24.4 Å². The minimum atomic E-state index is -1.37. The third-order valence-electron chi connectivity index (χ3n) is 3.77. The number of rotatable bonds is 10. The van der Waals surface area contributed by atoms with Crippen LogP contribution in [-0.2, 0) is 54.3 Å². The summed E-state index contributed by atoms with van der Waals surface area (Å²) in [7, 11) is 0. The van der Waals surface area contributed by atoms with Crippen LogP contribution in [-0.4, -0.2) is 54.3 Å². The van der Waals surface area contributed by atoms with Gasteiger partial charge in [0.1, 0.15) is 6.61 Å². The van der Waals surface area contributed by atoms with Crippen molar-refractivity contribution < 1.29 is 47.7 Å². The van der Waals surface area contributed by atoms with Crippen molar-refractivity contribution in [3.05, 3.63) is 35.9 Å². The van der Waals surface area contributed by atoms with Gasteiger partial charge in [0.05, 0.1) is 0 Å². The molecule has 0 radical (unpaired) electrons. The van der Waals surface area contributed by atoms with Crippen LogP contribution in [0.3, 0.4) is 0 Å². The molecule has 0 aromatic heterocycles. The minimum Gasteiger partial charge on any atom is -0.458 e. The van der Waals surface area contributed by atoms with Gasteiger partial charge in [-0.1, -0.05) is 30.3 Å². The summed E-state index contributed by atoms with van der Waals surface area (Å²) in [6.07, 6.45) is -5.17. The first-order chi connectivity index (χ1) is 14.5. The van der Waals surface area contributed by atoms with E-state index < -0.39 is 54.3 Å². The van der Waals surface area contributed by atoms with Crippen molar-refractivity contribution in [1.29, 1.82) is 0 Å². The molecule has 0 spiro atoms. The summed E-state index contributed by atoms with van der Waals surface area (Å²) in [5.74, 6) is -4.41. The Morgan fingerprint density at radius 1 is 0.645 bits per heavy atom. The highest BCUT2D eigenvalue weighted by molar-refractivity contribution is 5.85. The van der Waals surface area contributed by atoms with Crippen LogP contribution in [0, 0.1) is 0 Å². The molecular formula is C21H26O10. The fourth-order valence-corrected chi connectivity index (χ4v) is 2.10. The first-order valence-electron chi connectivity index (χ1n) is 9.50. The molecule has 1 aromatic rings. The van der Waals surface area contributed by atoms with Gasteiger partial charge >= 0.3 is 29.8 Å². The van der Waals surface area contributed by atoms with E-state index in [0.717, 1.165) is 12.5 Å². The maximum atomic E-state index is 12.1. The van der Waals surface area contributed by atoms with E-state index in [9.17, 15) is 24.0 Å². The van der Waals surface area contributed by atoms with Crippen LogP contribution in [0.1, 0.15) is 40.2 Å². The Hall–Kier alpha value is -3.43. The van der Waals surface area contributed by atoms with E-state index in [0.29, 0.717) is 0 Å². The molecule has 0 saturated carbocycles. The average molecular weight is 438 g/mol. The monoisotopic (exact) mass is 438 g/mol. The fraction of sp³-hybridized carbons (Fsp3) is 0.476. The molecule has 0 bridgehead atoms. The number of carbonyl (C=O) groups is 5. The second-order valence-corrected chi connectivity index (χ2v) is 6.58. The van der Waals surface area contributed by atoms with E-state index in [1.54, 1.807) is 24.3 Å². The molecule has 0 aliphatic rings. The van der Waals surface area contributed by atoms with Crippen LogP contribution in [0.2, 0.25) is 0 Å². The lowest BCUT2D eigenvalue weighted by Crippen LogP contribution is -2.37. The topological polar surface area (TPSA) is 132 Å². The van der Waals surface area contributed by atoms with Gasteiger partial charge in [-0.05, 0) is 33.3 Å². The van der Waals surface area contributed by atoms with Crippen molar-refractivity contribution in [1.82, 2.24) is 0 Å². The first kappa shape index (κ1) is 25.6. The maximum absolute atomic E-state index is 12.1. The third kappa shape index (κ3) is 9.28. The Balaban J connectivity index is 2.45. The van der Waals surface area contributed by atoms with Crippen molar-refractivity contribution in [3.63, 3.8) is 0 Å². The number of ether oxygens (including phenoxy) is 5. The van der Waals surface area contributed by atoms with E-state index >= 15 is 0 Å². The fourth-order valence-electron chi connectivity index (χ4n) is 2.10. The van der Waals surface area contributed by atoms with Crippen LogP contribution >= 0.6 is 0 Å². The van der Waals surface area contributed by atoms with Crippen molar-refractivity contribution in [3.8, 4) is 0 Å². The normalized spacial score (nSPS) is 14.2. The Labute approximate surface area is 179 Å². The summed E-state index contributed by atoms with van der Waals surface area (Å²) >= 11 is 0. The lowest BCUT2D eigenvalue weighted by molar-refractivity contribution is -0.185. The lowest BCUT2D eigenvalue weighted by Gasteiger charge is -2.19. The average Bonchev–Trinajstić information content (AvgIpc) is 2.71. The standard InChI is InChI=1S/C21H26O10/c1-12(18(23)27-11-17-9-7-6-8-10-17)29-20(25)14(3)31-21(26)15(4)30-19(24)13(2)28-16(5)22/h6-10,12-15H,11H2,1-5H3/t12-,13-,14-,15-/m0/s1. The van der Waals surface area contributed by atoms with Crippen LogP contribution in [0.4, 0.5) is 0 Å². The van der Waals surface area contributed by atoms with Gasteiger partial charge in [-0.2, -0.15) is 0 Å². The Bertz CT molecular complexity index is 789. The highest BCUT2D eigenvalue weighted by Gasteiger charge is 2.29. The zero-order valence-corrected chi connectivity index (χ0v) is 18.0. The largest absolute Gasteiger partial charge is 0.458 e. The molecular weight excluding hydrogens is 412 g/mol. The molecule has 1 rings (SSSR count). The molecule has 0 saturated heterocycles. The predicted molar refractivity (Wildman–Crippen MR) is 104 cm³/mol. The number of hydrogen-bond acceptors (Lipinski definition) is 10. The molecule has 0 N–H and O–H groups in total. The number of hydrogen-bond donors (Lipinski definition) is 0. The highest BCUT2D eigenvalue weighted by Crippen LogP contribution is 2.08. The van der Waals surface area contributed by atoms with Gasteiger partial charge in [0, 0.05) is 6.92 Å². The molecule has 4 atom stereocenters. The van der Waals surface area contributed by atoms with Gasteiger partial charge in [0.25, 0.3) is 0 Å². The van der Waals surface area contributed by atoms with Crippen LogP contribution in [0.5, 0.6) is 0 Å². The van der Waals surface area contributed by atoms with Crippen molar-refractivity contribution >= 4 is 29.8 Å². The minimum absolute atomic E-state index is 0.0146. The number of carbonyl (C=O) groups excluding carboxylic acids is 5. The van der Waals surface area contributed by atoms with E-state index in [1.807, 2.05) is 6.07 Å². The molecule has 10 nitrogen and oxygen atoms in total. The first-order valence-corrected chi connectivity index (χ1v) is 9.50. The summed E-state index contributed by atoms with van der Waals surface area (Å²) in [6, 6.07) is 8.94. The van der Waals surface area contributed by atoms with E-state index in [1.165, 1.54) is 27.7 Å². The molecule has 0 heterocycles. The van der Waals surface area contributed by atoms with Gasteiger partial charge in [-0.15, -0.1) is 0 Å². The summed E-state index contributed by atoms with van der Waals surface area (Å²) in [5.41, 5.74) is 0.767. The zero-order chi connectivity index (χ0) is 23.6. The molecule has 31 heavy (non-hydrogen) atoms. The molecule has 0 aliphatic heterocycles. The van der Waals surface area contributed by atoms with Crippen LogP contribution < -0.4 is 0 Å². The summed E-state index contributed by atoms with van der Waals surface area (Å²) in [6.45, 7) is 6.19. The van der Waals surface area contributed by atoms with Gasteiger partial charge < -0.3 is 23.7 Å². The van der Waals surface area contributed by atoms with Crippen LogP contribution in [0.25, 0.3) is 0 Å². The third-order valence-corrected chi connectivity index (χ3v) is 3.77. The number of esters is 5. The second-order valence-electron chi connectivity index (χ2n) is 6.58. The molecule has 0 fully saturated rings. The van der Waals surface area contributed by atoms with E-state index in [4.69, 9.17) is 18.9 Å². The molecule has 1 aromatic carbocycles. The van der Waals surface area contributed by atoms with Crippen molar-refractivity contribution in [2.45, 2.75) is 65.6 Å². The van der Waals surface area contributed by atoms with Gasteiger partial charge in [-0.3, -0.25) is 4.79 Å².